The number of benzene rings is 1. The first kappa shape index (κ1) is 19.5. The molecular formula is C19H26N4OS. The zero-order chi connectivity index (χ0) is 18.2. The summed E-state index contributed by atoms with van der Waals surface area (Å²) in [4.78, 5) is 19.9. The van der Waals surface area contributed by atoms with Gasteiger partial charge >= 0.3 is 0 Å². The SMILES string of the molecule is CCN(CC)CCCn1c(SC[C@H](C)C#N)nc2ccccc2c1=O. The van der Waals surface area contributed by atoms with Gasteiger partial charge in [-0.15, -0.1) is 0 Å². The van der Waals surface area contributed by atoms with Crippen LogP contribution < -0.4 is 5.56 Å². The van der Waals surface area contributed by atoms with Crippen LogP contribution in [0.3, 0.4) is 0 Å². The Morgan fingerprint density at radius 2 is 2.04 bits per heavy atom. The van der Waals surface area contributed by atoms with Crippen LogP contribution in [0, 0.1) is 17.2 Å². The molecule has 0 fully saturated rings. The molecule has 1 atom stereocenters. The fraction of sp³-hybridized carbons (Fsp3) is 0.526. The maximum Gasteiger partial charge on any atom is 0.262 e. The van der Waals surface area contributed by atoms with E-state index in [1.165, 1.54) is 11.8 Å². The predicted octanol–water partition coefficient (Wildman–Crippen LogP) is 3.38. The normalized spacial score (nSPS) is 12.4. The van der Waals surface area contributed by atoms with Crippen molar-refractivity contribution in [1.29, 1.82) is 5.26 Å². The van der Waals surface area contributed by atoms with Crippen molar-refractivity contribution < 1.29 is 0 Å². The Balaban J connectivity index is 2.28. The number of hydrogen-bond donors (Lipinski definition) is 0. The molecule has 0 saturated heterocycles. The van der Waals surface area contributed by atoms with Gasteiger partial charge in [-0.3, -0.25) is 9.36 Å². The Morgan fingerprint density at radius 1 is 1.32 bits per heavy atom. The Hall–Kier alpha value is -1.84. The molecule has 0 radical (unpaired) electrons. The quantitative estimate of drug-likeness (QED) is 0.508. The van der Waals surface area contributed by atoms with E-state index in [1.54, 1.807) is 4.57 Å². The molecule has 0 N–H and O–H groups in total. The lowest BCUT2D eigenvalue weighted by molar-refractivity contribution is 0.290. The molecule has 0 aliphatic rings. The number of hydrogen-bond acceptors (Lipinski definition) is 5. The van der Waals surface area contributed by atoms with E-state index in [0.717, 1.165) is 31.6 Å². The lowest BCUT2D eigenvalue weighted by atomic mass is 10.2. The van der Waals surface area contributed by atoms with E-state index in [-0.39, 0.29) is 11.5 Å². The Labute approximate surface area is 153 Å². The van der Waals surface area contributed by atoms with E-state index >= 15 is 0 Å². The van der Waals surface area contributed by atoms with E-state index in [1.807, 2.05) is 31.2 Å². The molecule has 1 aromatic carbocycles. The molecule has 6 heteroatoms. The van der Waals surface area contributed by atoms with Gasteiger partial charge in [-0.2, -0.15) is 5.26 Å². The van der Waals surface area contributed by atoms with Gasteiger partial charge in [0.1, 0.15) is 0 Å². The van der Waals surface area contributed by atoms with Crippen LogP contribution in [0.25, 0.3) is 10.9 Å². The topological polar surface area (TPSA) is 61.9 Å². The van der Waals surface area contributed by atoms with Crippen LogP contribution in [0.15, 0.2) is 34.2 Å². The first-order valence-corrected chi connectivity index (χ1v) is 9.83. The van der Waals surface area contributed by atoms with Crippen LogP contribution in [0.4, 0.5) is 0 Å². The average Bonchev–Trinajstić information content (AvgIpc) is 2.65. The second-order valence-electron chi connectivity index (χ2n) is 6.09. The third-order valence-corrected chi connectivity index (χ3v) is 5.50. The third kappa shape index (κ3) is 5.07. The van der Waals surface area contributed by atoms with Gasteiger partial charge in [0.15, 0.2) is 5.16 Å². The molecule has 2 aromatic rings. The minimum Gasteiger partial charge on any atom is -0.304 e. The van der Waals surface area contributed by atoms with Crippen molar-refractivity contribution in [3.05, 3.63) is 34.6 Å². The molecule has 0 aliphatic heterocycles. The minimum absolute atomic E-state index is 0.0113. The van der Waals surface area contributed by atoms with Gasteiger partial charge in [0.2, 0.25) is 0 Å². The first-order chi connectivity index (χ1) is 12.1. The van der Waals surface area contributed by atoms with E-state index in [0.29, 0.717) is 22.8 Å². The van der Waals surface area contributed by atoms with Crippen LogP contribution in [0.2, 0.25) is 0 Å². The van der Waals surface area contributed by atoms with Crippen molar-refractivity contribution in [2.45, 2.75) is 38.9 Å². The summed E-state index contributed by atoms with van der Waals surface area (Å²) in [6.45, 7) is 9.83. The summed E-state index contributed by atoms with van der Waals surface area (Å²) in [5, 5.41) is 10.4. The van der Waals surface area contributed by atoms with Crippen molar-refractivity contribution in [3.63, 3.8) is 0 Å². The van der Waals surface area contributed by atoms with Gasteiger partial charge in [0.25, 0.3) is 5.56 Å². The second kappa shape index (κ2) is 9.59. The molecule has 1 aromatic heterocycles. The number of thioether (sulfide) groups is 1. The summed E-state index contributed by atoms with van der Waals surface area (Å²) in [5.41, 5.74) is 0.733. The molecule has 25 heavy (non-hydrogen) atoms. The molecule has 0 spiro atoms. The fourth-order valence-corrected chi connectivity index (χ4v) is 3.65. The largest absolute Gasteiger partial charge is 0.304 e. The summed E-state index contributed by atoms with van der Waals surface area (Å²) in [6, 6.07) is 9.70. The Morgan fingerprint density at radius 3 is 2.72 bits per heavy atom. The average molecular weight is 359 g/mol. The number of nitrogens with zero attached hydrogens (tertiary/aromatic N) is 4. The molecular weight excluding hydrogens is 332 g/mol. The van der Waals surface area contributed by atoms with Crippen LogP contribution in [-0.2, 0) is 6.54 Å². The fourth-order valence-electron chi connectivity index (χ4n) is 2.68. The van der Waals surface area contributed by atoms with Crippen molar-refractivity contribution >= 4 is 22.7 Å². The number of rotatable bonds is 9. The molecule has 0 amide bonds. The maximum absolute atomic E-state index is 12.9. The maximum atomic E-state index is 12.9. The number of aromatic nitrogens is 2. The highest BCUT2D eigenvalue weighted by Crippen LogP contribution is 2.20. The Kier molecular flexibility index (Phi) is 7.48. The summed E-state index contributed by atoms with van der Waals surface area (Å²) in [7, 11) is 0. The van der Waals surface area contributed by atoms with Gasteiger partial charge in [-0.05, 0) is 45.1 Å². The standard InChI is InChI=1S/C19H26N4OS/c1-4-22(5-2)11-8-12-23-18(24)16-9-6-7-10-17(16)21-19(23)25-14-15(3)13-20/h6-7,9-10,15H,4-5,8,11-12,14H2,1-3H3/t15-/m1/s1. The van der Waals surface area contributed by atoms with E-state index in [4.69, 9.17) is 5.26 Å². The first-order valence-electron chi connectivity index (χ1n) is 8.85. The van der Waals surface area contributed by atoms with Gasteiger partial charge in [0.05, 0.1) is 22.9 Å². The molecule has 0 bridgehead atoms. The van der Waals surface area contributed by atoms with E-state index in [2.05, 4.69) is 29.8 Å². The van der Waals surface area contributed by atoms with E-state index < -0.39 is 0 Å². The smallest absolute Gasteiger partial charge is 0.262 e. The van der Waals surface area contributed by atoms with Gasteiger partial charge in [-0.25, -0.2) is 4.98 Å². The van der Waals surface area contributed by atoms with E-state index in [9.17, 15) is 4.79 Å². The van der Waals surface area contributed by atoms with Crippen LogP contribution >= 0.6 is 11.8 Å². The number of para-hydroxylation sites is 1. The van der Waals surface area contributed by atoms with Gasteiger partial charge in [-0.1, -0.05) is 37.7 Å². The highest BCUT2D eigenvalue weighted by Gasteiger charge is 2.13. The van der Waals surface area contributed by atoms with Crippen LogP contribution in [0.5, 0.6) is 0 Å². The molecule has 0 saturated carbocycles. The molecule has 0 aliphatic carbocycles. The van der Waals surface area contributed by atoms with Crippen molar-refractivity contribution in [2.75, 3.05) is 25.4 Å². The highest BCUT2D eigenvalue weighted by atomic mass is 32.2. The Bertz CT molecular complexity index is 792. The monoisotopic (exact) mass is 358 g/mol. The lowest BCUT2D eigenvalue weighted by Gasteiger charge is -2.19. The summed E-state index contributed by atoms with van der Waals surface area (Å²) < 4.78 is 1.78. The summed E-state index contributed by atoms with van der Waals surface area (Å²) in [6.07, 6.45) is 0.906. The third-order valence-electron chi connectivity index (χ3n) is 4.26. The van der Waals surface area contributed by atoms with Crippen molar-refractivity contribution in [2.24, 2.45) is 5.92 Å². The van der Waals surface area contributed by atoms with Crippen LogP contribution in [-0.4, -0.2) is 39.8 Å². The van der Waals surface area contributed by atoms with Gasteiger partial charge < -0.3 is 4.90 Å². The highest BCUT2D eigenvalue weighted by molar-refractivity contribution is 7.99. The molecule has 5 nitrogen and oxygen atoms in total. The number of fused-ring (bicyclic) bond motifs is 1. The molecule has 2 rings (SSSR count). The minimum atomic E-state index is -0.0718. The van der Waals surface area contributed by atoms with Crippen molar-refractivity contribution in [3.8, 4) is 6.07 Å². The van der Waals surface area contributed by atoms with Crippen molar-refractivity contribution in [1.82, 2.24) is 14.5 Å². The summed E-state index contributed by atoms with van der Waals surface area (Å²) >= 11 is 1.49. The lowest BCUT2D eigenvalue weighted by Crippen LogP contribution is -2.28. The zero-order valence-electron chi connectivity index (χ0n) is 15.2. The molecule has 0 unspecified atom stereocenters. The van der Waals surface area contributed by atoms with Crippen LogP contribution in [0.1, 0.15) is 27.2 Å². The second-order valence-corrected chi connectivity index (χ2v) is 7.08. The molecule has 134 valence electrons. The number of nitriles is 1. The predicted molar refractivity (Wildman–Crippen MR) is 104 cm³/mol. The summed E-state index contributed by atoms with van der Waals surface area (Å²) in [5.74, 6) is 0.564. The van der Waals surface area contributed by atoms with Gasteiger partial charge in [0, 0.05) is 12.3 Å². The zero-order valence-corrected chi connectivity index (χ0v) is 16.1. The molecule has 1 heterocycles.